The molecule has 0 atom stereocenters. The van der Waals surface area contributed by atoms with Gasteiger partial charge in [-0.25, -0.2) is 9.78 Å². The predicted octanol–water partition coefficient (Wildman–Crippen LogP) is 4.68. The Hall–Kier alpha value is -3.43. The molecule has 0 unspecified atom stereocenters. The summed E-state index contributed by atoms with van der Waals surface area (Å²) < 4.78 is 0.742. The highest BCUT2D eigenvalue weighted by atomic mass is 32.1. The fourth-order valence-corrected chi connectivity index (χ4v) is 6.57. The minimum Gasteiger partial charge on any atom is -0.397 e. The molecule has 0 aliphatic carbocycles. The zero-order chi connectivity index (χ0) is 25.3. The van der Waals surface area contributed by atoms with Crippen molar-refractivity contribution < 1.29 is 9.59 Å². The number of rotatable bonds is 5. The molecule has 5 rings (SSSR count). The predicted molar refractivity (Wildman–Crippen MR) is 146 cm³/mol. The van der Waals surface area contributed by atoms with Gasteiger partial charge in [0.15, 0.2) is 0 Å². The number of pyridine rings is 1. The van der Waals surface area contributed by atoms with E-state index in [1.54, 1.807) is 17.5 Å². The van der Waals surface area contributed by atoms with Gasteiger partial charge in [-0.05, 0) is 55.0 Å². The lowest BCUT2D eigenvalue weighted by Crippen LogP contribution is -2.63. The van der Waals surface area contributed by atoms with Gasteiger partial charge in [-0.3, -0.25) is 9.28 Å². The van der Waals surface area contributed by atoms with E-state index in [1.807, 2.05) is 52.7 Å². The van der Waals surface area contributed by atoms with Crippen LogP contribution in [0.1, 0.15) is 43.0 Å². The maximum Gasteiger partial charge on any atom is 0.315 e. The first-order valence-corrected chi connectivity index (χ1v) is 13.4. The fraction of sp³-hybridized carbons (Fsp3) is 0.370. The SMILES string of the molecule is CC[N+]1(c2ccc(C(=O)Nc3cc(-c4cccs4)ccc3N)cn2)CCC2(CCCN2C(N)=O)CC1. The van der Waals surface area contributed by atoms with Crippen LogP contribution in [0.2, 0.25) is 0 Å². The molecule has 4 heterocycles. The summed E-state index contributed by atoms with van der Waals surface area (Å²) in [5.41, 5.74) is 14.3. The Morgan fingerprint density at radius 2 is 1.97 bits per heavy atom. The van der Waals surface area contributed by atoms with E-state index in [9.17, 15) is 9.59 Å². The third kappa shape index (κ3) is 4.33. The number of benzene rings is 1. The molecule has 0 saturated carbocycles. The van der Waals surface area contributed by atoms with E-state index < -0.39 is 0 Å². The topological polar surface area (TPSA) is 114 Å². The van der Waals surface area contributed by atoms with E-state index in [2.05, 4.69) is 12.2 Å². The van der Waals surface area contributed by atoms with Crippen molar-refractivity contribution in [1.29, 1.82) is 0 Å². The number of nitrogen functional groups attached to an aromatic ring is 1. The molecule has 8 nitrogen and oxygen atoms in total. The van der Waals surface area contributed by atoms with Crippen LogP contribution < -0.4 is 21.3 Å². The maximum atomic E-state index is 13.0. The lowest BCUT2D eigenvalue weighted by molar-refractivity contribution is 0.0789. The number of primary amides is 1. The summed E-state index contributed by atoms with van der Waals surface area (Å²) in [6.07, 6.45) is 5.50. The number of urea groups is 1. The first-order chi connectivity index (χ1) is 17.4. The van der Waals surface area contributed by atoms with Crippen LogP contribution in [-0.4, -0.2) is 53.5 Å². The van der Waals surface area contributed by atoms with E-state index >= 15 is 0 Å². The molecule has 188 valence electrons. The smallest absolute Gasteiger partial charge is 0.315 e. The van der Waals surface area contributed by atoms with Crippen LogP contribution in [-0.2, 0) is 0 Å². The lowest BCUT2D eigenvalue weighted by atomic mass is 9.83. The number of carbonyl (C=O) groups is 2. The van der Waals surface area contributed by atoms with Crippen molar-refractivity contribution in [3.8, 4) is 10.4 Å². The largest absolute Gasteiger partial charge is 0.397 e. The zero-order valence-corrected chi connectivity index (χ0v) is 21.4. The molecule has 0 radical (unpaired) electrons. The average molecular weight is 506 g/mol. The van der Waals surface area contributed by atoms with Gasteiger partial charge in [0.05, 0.1) is 42.1 Å². The molecule has 2 aliphatic heterocycles. The molecule has 1 aromatic carbocycles. The van der Waals surface area contributed by atoms with Crippen molar-refractivity contribution in [2.45, 2.75) is 38.1 Å². The number of piperidine rings is 1. The molecule has 3 amide bonds. The van der Waals surface area contributed by atoms with Crippen molar-refractivity contribution in [3.05, 3.63) is 59.6 Å². The van der Waals surface area contributed by atoms with E-state index in [1.165, 1.54) is 0 Å². The van der Waals surface area contributed by atoms with Crippen LogP contribution >= 0.6 is 11.3 Å². The molecule has 0 bridgehead atoms. The number of thiophene rings is 1. The van der Waals surface area contributed by atoms with Gasteiger partial charge in [-0.2, -0.15) is 0 Å². The van der Waals surface area contributed by atoms with Crippen molar-refractivity contribution in [2.75, 3.05) is 37.2 Å². The molecule has 3 aromatic rings. The minimum absolute atomic E-state index is 0.111. The molecule has 5 N–H and O–H groups in total. The summed E-state index contributed by atoms with van der Waals surface area (Å²) in [6.45, 7) is 5.61. The number of nitrogens with two attached hydrogens (primary N) is 2. The summed E-state index contributed by atoms with van der Waals surface area (Å²) in [7, 11) is 0. The molecule has 1 spiro atoms. The number of hydrogen-bond donors (Lipinski definition) is 3. The minimum atomic E-state index is -0.306. The van der Waals surface area contributed by atoms with Gasteiger partial charge < -0.3 is 21.7 Å². The second-order valence-electron chi connectivity index (χ2n) is 9.86. The number of likely N-dealkylation sites (tertiary alicyclic amines) is 2. The lowest BCUT2D eigenvalue weighted by Gasteiger charge is -2.48. The van der Waals surface area contributed by atoms with Crippen LogP contribution in [0.3, 0.4) is 0 Å². The van der Waals surface area contributed by atoms with Gasteiger partial charge in [-0.15, -0.1) is 11.3 Å². The number of anilines is 2. The third-order valence-corrected chi connectivity index (χ3v) is 9.00. The number of quaternary nitrogens is 1. The summed E-state index contributed by atoms with van der Waals surface area (Å²) >= 11 is 1.64. The second kappa shape index (κ2) is 9.55. The Kier molecular flexibility index (Phi) is 6.44. The van der Waals surface area contributed by atoms with Crippen LogP contribution in [0.5, 0.6) is 0 Å². The molecular weight excluding hydrogens is 472 g/mol. The van der Waals surface area contributed by atoms with Gasteiger partial charge in [0.2, 0.25) is 5.82 Å². The first-order valence-electron chi connectivity index (χ1n) is 12.5. The zero-order valence-electron chi connectivity index (χ0n) is 20.6. The van der Waals surface area contributed by atoms with Crippen LogP contribution in [0.25, 0.3) is 10.4 Å². The third-order valence-electron chi connectivity index (χ3n) is 8.08. The first kappa shape index (κ1) is 24.3. The van der Waals surface area contributed by atoms with E-state index in [0.717, 1.165) is 72.6 Å². The van der Waals surface area contributed by atoms with Gasteiger partial charge >= 0.3 is 6.03 Å². The van der Waals surface area contributed by atoms with E-state index in [-0.39, 0.29) is 17.5 Å². The number of amides is 3. The fourth-order valence-electron chi connectivity index (χ4n) is 5.85. The number of hydrogen-bond acceptors (Lipinski definition) is 5. The molecule has 2 saturated heterocycles. The Balaban J connectivity index is 1.30. The van der Waals surface area contributed by atoms with Crippen LogP contribution in [0, 0.1) is 0 Å². The van der Waals surface area contributed by atoms with Gasteiger partial charge in [-0.1, -0.05) is 12.1 Å². The van der Waals surface area contributed by atoms with Crippen molar-refractivity contribution >= 4 is 40.5 Å². The summed E-state index contributed by atoms with van der Waals surface area (Å²) in [6, 6.07) is 13.2. The number of carbonyl (C=O) groups excluding carboxylic acids is 2. The molecule has 36 heavy (non-hydrogen) atoms. The van der Waals surface area contributed by atoms with Gasteiger partial charge in [0.1, 0.15) is 0 Å². The van der Waals surface area contributed by atoms with Crippen molar-refractivity contribution in [1.82, 2.24) is 14.4 Å². The number of nitrogens with one attached hydrogen (secondary N) is 1. The molecule has 2 aromatic heterocycles. The van der Waals surface area contributed by atoms with E-state index in [4.69, 9.17) is 16.5 Å². The van der Waals surface area contributed by atoms with E-state index in [0.29, 0.717) is 16.9 Å². The van der Waals surface area contributed by atoms with Gasteiger partial charge in [0, 0.05) is 36.5 Å². The number of aromatic nitrogens is 1. The van der Waals surface area contributed by atoms with Crippen LogP contribution in [0.4, 0.5) is 22.0 Å². The summed E-state index contributed by atoms with van der Waals surface area (Å²) in [4.78, 5) is 32.7. The Morgan fingerprint density at radius 1 is 1.17 bits per heavy atom. The van der Waals surface area contributed by atoms with Crippen molar-refractivity contribution in [2.24, 2.45) is 5.73 Å². The van der Waals surface area contributed by atoms with Gasteiger partial charge in [0.25, 0.3) is 5.91 Å². The highest BCUT2D eigenvalue weighted by Gasteiger charge is 2.50. The monoisotopic (exact) mass is 505 g/mol. The maximum absolute atomic E-state index is 13.0. The number of nitrogens with zero attached hydrogens (tertiary/aromatic N) is 3. The average Bonchev–Trinajstić information content (AvgIpc) is 3.57. The Morgan fingerprint density at radius 3 is 2.61 bits per heavy atom. The molecule has 2 fully saturated rings. The summed E-state index contributed by atoms with van der Waals surface area (Å²) in [5, 5.41) is 4.97. The highest BCUT2D eigenvalue weighted by molar-refractivity contribution is 7.13. The Labute approximate surface area is 215 Å². The van der Waals surface area contributed by atoms with Crippen molar-refractivity contribution in [3.63, 3.8) is 0 Å². The molecule has 2 aliphatic rings. The summed E-state index contributed by atoms with van der Waals surface area (Å²) in [5.74, 6) is 0.708. The van der Waals surface area contributed by atoms with Crippen LogP contribution in [0.15, 0.2) is 54.0 Å². The quantitative estimate of drug-likeness (QED) is 0.345. The standard InChI is InChI=1S/C27H32N6O2S/c1-2-33(14-11-27(12-15-33)10-4-13-32(27)26(29)35)24-9-7-20(18-30-24)25(34)31-22-17-19(6-8-21(22)28)23-5-3-16-36-23/h3,5-9,16-18H,2,4,10-15,28H2,1H3,(H2-,29,31,34,35)/p+1. The molecular formula is C27H33N6O2S+. The molecule has 9 heteroatoms. The second-order valence-corrected chi connectivity index (χ2v) is 10.8. The normalized spacial score (nSPS) is 23.6. The highest BCUT2D eigenvalue weighted by Crippen LogP contribution is 2.41. The Bertz CT molecular complexity index is 1250.